The highest BCUT2D eigenvalue weighted by atomic mass is 32.1. The van der Waals surface area contributed by atoms with Gasteiger partial charge in [0.25, 0.3) is 0 Å². The molecule has 0 bridgehead atoms. The van der Waals surface area contributed by atoms with Crippen molar-refractivity contribution in [3.8, 4) is 11.3 Å². The average Bonchev–Trinajstić information content (AvgIpc) is 2.51. The van der Waals surface area contributed by atoms with E-state index in [2.05, 4.69) is 42.0 Å². The van der Waals surface area contributed by atoms with Crippen molar-refractivity contribution in [2.45, 2.75) is 13.8 Å². The summed E-state index contributed by atoms with van der Waals surface area (Å²) in [5, 5.41) is 0. The largest absolute Gasteiger partial charge is 0.337 e. The molecule has 0 atom stereocenters. The Bertz CT molecular complexity index is 508. The van der Waals surface area contributed by atoms with E-state index in [9.17, 15) is 0 Å². The molecule has 0 saturated carbocycles. The highest BCUT2D eigenvalue weighted by Crippen LogP contribution is 2.21. The summed E-state index contributed by atoms with van der Waals surface area (Å²) in [7, 11) is 0. The van der Waals surface area contributed by atoms with Crippen LogP contribution in [0.2, 0.25) is 0 Å². The molecule has 1 aromatic heterocycles. The summed E-state index contributed by atoms with van der Waals surface area (Å²) < 4.78 is 0.667. The van der Waals surface area contributed by atoms with E-state index in [1.807, 2.05) is 6.20 Å². The molecule has 1 aromatic carbocycles. The first kappa shape index (κ1) is 9.21. The molecule has 0 aliphatic rings. The second-order valence-corrected chi connectivity index (χ2v) is 3.88. The van der Waals surface area contributed by atoms with E-state index in [4.69, 9.17) is 12.2 Å². The topological polar surface area (TPSA) is 31.6 Å². The third-order valence-electron chi connectivity index (χ3n) is 2.27. The van der Waals surface area contributed by atoms with E-state index in [0.29, 0.717) is 4.77 Å². The van der Waals surface area contributed by atoms with Crippen LogP contribution >= 0.6 is 12.2 Å². The van der Waals surface area contributed by atoms with Gasteiger partial charge in [-0.25, -0.2) is 0 Å². The molecule has 0 aliphatic heterocycles. The van der Waals surface area contributed by atoms with Gasteiger partial charge in [-0.15, -0.1) is 0 Å². The predicted molar refractivity (Wildman–Crippen MR) is 60.9 cm³/mol. The fourth-order valence-electron chi connectivity index (χ4n) is 1.59. The van der Waals surface area contributed by atoms with Gasteiger partial charge in [-0.1, -0.05) is 23.8 Å². The molecule has 14 heavy (non-hydrogen) atoms. The average molecular weight is 204 g/mol. The maximum Gasteiger partial charge on any atom is 0.174 e. The molecule has 2 nitrogen and oxygen atoms in total. The lowest BCUT2D eigenvalue weighted by Crippen LogP contribution is -1.84. The van der Waals surface area contributed by atoms with Gasteiger partial charge in [0, 0.05) is 11.8 Å². The summed E-state index contributed by atoms with van der Waals surface area (Å²) in [6.07, 6.45) is 1.90. The molecule has 2 aromatic rings. The van der Waals surface area contributed by atoms with Crippen LogP contribution in [0.15, 0.2) is 24.4 Å². The van der Waals surface area contributed by atoms with Gasteiger partial charge in [-0.2, -0.15) is 0 Å². The van der Waals surface area contributed by atoms with E-state index in [1.54, 1.807) is 0 Å². The second-order valence-electron chi connectivity index (χ2n) is 3.47. The van der Waals surface area contributed by atoms with Crippen molar-refractivity contribution in [1.82, 2.24) is 9.97 Å². The Hall–Kier alpha value is -1.35. The lowest BCUT2D eigenvalue weighted by Gasteiger charge is -2.03. The van der Waals surface area contributed by atoms with Gasteiger partial charge in [0.1, 0.15) is 0 Å². The standard InChI is InChI=1S/C11H12N2S/c1-7-3-4-9(8(2)5-7)10-6-12-11(14)13-10/h3-6H,1-2H3,(H2,12,13,14). The van der Waals surface area contributed by atoms with E-state index < -0.39 is 0 Å². The number of aromatic amines is 2. The quantitative estimate of drug-likeness (QED) is 0.686. The van der Waals surface area contributed by atoms with Crippen LogP contribution in [-0.4, -0.2) is 9.97 Å². The zero-order chi connectivity index (χ0) is 10.1. The normalized spacial score (nSPS) is 10.4. The molecule has 72 valence electrons. The maximum atomic E-state index is 4.99. The number of aromatic nitrogens is 2. The molecule has 0 radical (unpaired) electrons. The molecule has 3 heteroatoms. The van der Waals surface area contributed by atoms with Crippen LogP contribution in [0.3, 0.4) is 0 Å². The molecule has 0 amide bonds. The third kappa shape index (κ3) is 1.63. The Morgan fingerprint density at radius 3 is 2.57 bits per heavy atom. The Kier molecular flexibility index (Phi) is 2.25. The van der Waals surface area contributed by atoms with Crippen molar-refractivity contribution in [3.05, 3.63) is 40.3 Å². The molecular weight excluding hydrogens is 192 g/mol. The van der Waals surface area contributed by atoms with Crippen molar-refractivity contribution >= 4 is 12.2 Å². The van der Waals surface area contributed by atoms with Crippen molar-refractivity contribution < 1.29 is 0 Å². The molecule has 1 heterocycles. The Morgan fingerprint density at radius 1 is 1.21 bits per heavy atom. The summed E-state index contributed by atoms with van der Waals surface area (Å²) in [5.74, 6) is 0. The second kappa shape index (κ2) is 3.42. The van der Waals surface area contributed by atoms with Crippen molar-refractivity contribution in [2.24, 2.45) is 0 Å². The number of hydrogen-bond acceptors (Lipinski definition) is 1. The van der Waals surface area contributed by atoms with Crippen molar-refractivity contribution in [1.29, 1.82) is 0 Å². The zero-order valence-electron chi connectivity index (χ0n) is 8.22. The molecule has 0 fully saturated rings. The number of H-pyrrole nitrogens is 2. The summed E-state index contributed by atoms with van der Waals surface area (Å²) in [4.78, 5) is 6.08. The van der Waals surface area contributed by atoms with Gasteiger partial charge < -0.3 is 9.97 Å². The van der Waals surface area contributed by atoms with E-state index in [1.165, 1.54) is 16.7 Å². The Balaban J connectivity index is 2.57. The first-order chi connectivity index (χ1) is 6.66. The highest BCUT2D eigenvalue weighted by Gasteiger charge is 2.02. The van der Waals surface area contributed by atoms with E-state index >= 15 is 0 Å². The van der Waals surface area contributed by atoms with Crippen LogP contribution in [0.1, 0.15) is 11.1 Å². The maximum absolute atomic E-state index is 4.99. The number of nitrogens with one attached hydrogen (secondary N) is 2. The molecule has 2 rings (SSSR count). The van der Waals surface area contributed by atoms with Gasteiger partial charge >= 0.3 is 0 Å². The van der Waals surface area contributed by atoms with Gasteiger partial charge in [0.05, 0.1) is 5.69 Å². The number of aryl methyl sites for hydroxylation is 2. The zero-order valence-corrected chi connectivity index (χ0v) is 9.03. The lowest BCUT2D eigenvalue weighted by atomic mass is 10.0. The minimum Gasteiger partial charge on any atom is -0.337 e. The van der Waals surface area contributed by atoms with Crippen molar-refractivity contribution in [3.63, 3.8) is 0 Å². The van der Waals surface area contributed by atoms with Crippen LogP contribution in [0.4, 0.5) is 0 Å². The number of rotatable bonds is 1. The molecule has 0 unspecified atom stereocenters. The van der Waals surface area contributed by atoms with Crippen LogP contribution in [0.25, 0.3) is 11.3 Å². The fourth-order valence-corrected chi connectivity index (χ4v) is 1.76. The van der Waals surface area contributed by atoms with Crippen LogP contribution < -0.4 is 0 Å². The van der Waals surface area contributed by atoms with Crippen molar-refractivity contribution in [2.75, 3.05) is 0 Å². The van der Waals surface area contributed by atoms with Gasteiger partial charge in [0.2, 0.25) is 0 Å². The monoisotopic (exact) mass is 204 g/mol. The summed E-state index contributed by atoms with van der Waals surface area (Å²) >= 11 is 4.99. The smallest absolute Gasteiger partial charge is 0.174 e. The van der Waals surface area contributed by atoms with E-state index in [0.717, 1.165) is 5.69 Å². The number of hydrogen-bond donors (Lipinski definition) is 2. The lowest BCUT2D eigenvalue weighted by molar-refractivity contribution is 1.26. The first-order valence-corrected chi connectivity index (χ1v) is 4.93. The molecule has 0 spiro atoms. The predicted octanol–water partition coefficient (Wildman–Crippen LogP) is 3.36. The molecule has 0 saturated heterocycles. The van der Waals surface area contributed by atoms with Crippen LogP contribution in [-0.2, 0) is 0 Å². The third-order valence-corrected chi connectivity index (χ3v) is 2.49. The first-order valence-electron chi connectivity index (χ1n) is 4.52. The fraction of sp³-hybridized carbons (Fsp3) is 0.182. The van der Waals surface area contributed by atoms with Crippen LogP contribution in [0, 0.1) is 18.6 Å². The summed E-state index contributed by atoms with van der Waals surface area (Å²) in [5.41, 5.74) is 4.78. The van der Waals surface area contributed by atoms with Crippen LogP contribution in [0.5, 0.6) is 0 Å². The van der Waals surface area contributed by atoms with E-state index in [-0.39, 0.29) is 0 Å². The summed E-state index contributed by atoms with van der Waals surface area (Å²) in [6.45, 7) is 4.20. The minimum atomic E-state index is 0.667. The minimum absolute atomic E-state index is 0.667. The molecular formula is C11H12N2S. The van der Waals surface area contributed by atoms with Gasteiger partial charge in [-0.3, -0.25) is 0 Å². The Morgan fingerprint density at radius 2 is 2.00 bits per heavy atom. The summed E-state index contributed by atoms with van der Waals surface area (Å²) in [6, 6.07) is 6.38. The Labute approximate surface area is 88.0 Å². The number of imidazole rings is 1. The molecule has 0 aliphatic carbocycles. The highest BCUT2D eigenvalue weighted by molar-refractivity contribution is 7.71. The SMILES string of the molecule is Cc1ccc(-c2c[nH]c(=S)[nH]2)c(C)c1. The molecule has 2 N–H and O–H groups in total. The van der Waals surface area contributed by atoms with Gasteiger partial charge in [0.15, 0.2) is 4.77 Å². The van der Waals surface area contributed by atoms with Gasteiger partial charge in [-0.05, 0) is 31.6 Å². The number of benzene rings is 1.